The maximum atomic E-state index is 9.72. The van der Waals surface area contributed by atoms with Crippen LogP contribution in [0.5, 0.6) is 11.5 Å². The standard InChI is InChI=1S/C17H21NO3/c1-2-21-17-10-14(8-9-16(17)20)15(12-19)18-11-13-6-4-3-5-7-13/h3-10,15,18-20H,2,11-12H2,1H3. The summed E-state index contributed by atoms with van der Waals surface area (Å²) in [6.45, 7) is 2.99. The van der Waals surface area contributed by atoms with Gasteiger partial charge in [-0.25, -0.2) is 0 Å². The van der Waals surface area contributed by atoms with Gasteiger partial charge in [-0.3, -0.25) is 0 Å². The van der Waals surface area contributed by atoms with Gasteiger partial charge in [0.25, 0.3) is 0 Å². The predicted octanol–water partition coefficient (Wildman–Crippen LogP) is 2.61. The second-order valence-corrected chi connectivity index (χ2v) is 4.76. The van der Waals surface area contributed by atoms with Crippen LogP contribution in [-0.2, 0) is 6.54 Å². The van der Waals surface area contributed by atoms with Crippen molar-refractivity contribution in [2.45, 2.75) is 19.5 Å². The summed E-state index contributed by atoms with van der Waals surface area (Å²) in [5.74, 6) is 0.551. The Morgan fingerprint density at radius 2 is 1.90 bits per heavy atom. The quantitative estimate of drug-likeness (QED) is 0.732. The zero-order valence-electron chi connectivity index (χ0n) is 12.1. The number of phenolic OH excluding ortho intramolecular Hbond substituents is 1. The summed E-state index contributed by atoms with van der Waals surface area (Å²) in [6, 6.07) is 14.9. The first-order valence-electron chi connectivity index (χ1n) is 7.08. The number of aliphatic hydroxyl groups excluding tert-OH is 1. The Hall–Kier alpha value is -2.04. The number of aliphatic hydroxyl groups is 1. The molecule has 112 valence electrons. The lowest BCUT2D eigenvalue weighted by atomic mass is 10.1. The van der Waals surface area contributed by atoms with Crippen LogP contribution in [0.25, 0.3) is 0 Å². The van der Waals surface area contributed by atoms with Gasteiger partial charge in [0, 0.05) is 6.54 Å². The van der Waals surface area contributed by atoms with Gasteiger partial charge in [0.1, 0.15) is 0 Å². The molecule has 1 unspecified atom stereocenters. The maximum Gasteiger partial charge on any atom is 0.161 e. The van der Waals surface area contributed by atoms with Crippen LogP contribution in [0.15, 0.2) is 48.5 Å². The molecule has 0 aromatic heterocycles. The van der Waals surface area contributed by atoms with Crippen LogP contribution >= 0.6 is 0 Å². The van der Waals surface area contributed by atoms with Crippen molar-refractivity contribution in [1.82, 2.24) is 5.32 Å². The minimum absolute atomic E-state index is 0.0246. The summed E-state index contributed by atoms with van der Waals surface area (Å²) in [5.41, 5.74) is 2.04. The molecule has 0 aliphatic rings. The fourth-order valence-electron chi connectivity index (χ4n) is 2.14. The van der Waals surface area contributed by atoms with Gasteiger partial charge in [-0.1, -0.05) is 36.4 Å². The van der Waals surface area contributed by atoms with Crippen molar-refractivity contribution in [2.24, 2.45) is 0 Å². The lowest BCUT2D eigenvalue weighted by Crippen LogP contribution is -2.24. The highest BCUT2D eigenvalue weighted by atomic mass is 16.5. The van der Waals surface area contributed by atoms with E-state index < -0.39 is 0 Å². The molecule has 4 nitrogen and oxygen atoms in total. The van der Waals surface area contributed by atoms with Crippen molar-refractivity contribution in [3.05, 3.63) is 59.7 Å². The molecule has 0 aliphatic carbocycles. The molecule has 3 N–H and O–H groups in total. The minimum Gasteiger partial charge on any atom is -0.504 e. The molecule has 2 aromatic rings. The van der Waals surface area contributed by atoms with Gasteiger partial charge >= 0.3 is 0 Å². The zero-order chi connectivity index (χ0) is 15.1. The third-order valence-electron chi connectivity index (χ3n) is 3.26. The van der Waals surface area contributed by atoms with Gasteiger partial charge in [0.05, 0.1) is 19.3 Å². The molecule has 0 aliphatic heterocycles. The average molecular weight is 287 g/mol. The number of hydrogen-bond donors (Lipinski definition) is 3. The normalized spacial score (nSPS) is 12.1. The monoisotopic (exact) mass is 287 g/mol. The molecule has 21 heavy (non-hydrogen) atoms. The molecule has 0 saturated carbocycles. The Bertz CT molecular complexity index is 557. The Morgan fingerprint density at radius 3 is 2.57 bits per heavy atom. The Balaban J connectivity index is 2.08. The summed E-state index contributed by atoms with van der Waals surface area (Å²) in [5, 5.41) is 22.6. The van der Waals surface area contributed by atoms with Gasteiger partial charge in [0.15, 0.2) is 11.5 Å². The van der Waals surface area contributed by atoms with Crippen LogP contribution in [0.4, 0.5) is 0 Å². The van der Waals surface area contributed by atoms with E-state index in [0.717, 1.165) is 11.1 Å². The van der Waals surface area contributed by atoms with E-state index in [1.165, 1.54) is 0 Å². The third-order valence-corrected chi connectivity index (χ3v) is 3.26. The largest absolute Gasteiger partial charge is 0.504 e. The topological polar surface area (TPSA) is 61.7 Å². The number of nitrogens with one attached hydrogen (secondary N) is 1. The van der Waals surface area contributed by atoms with E-state index in [9.17, 15) is 10.2 Å². The Labute approximate surface area is 125 Å². The van der Waals surface area contributed by atoms with Crippen molar-refractivity contribution in [3.63, 3.8) is 0 Å². The molecule has 0 bridgehead atoms. The van der Waals surface area contributed by atoms with Crippen molar-refractivity contribution >= 4 is 0 Å². The third kappa shape index (κ3) is 4.21. The number of ether oxygens (including phenoxy) is 1. The van der Waals surface area contributed by atoms with E-state index in [1.807, 2.05) is 37.3 Å². The second kappa shape index (κ2) is 7.67. The molecule has 1 atom stereocenters. The highest BCUT2D eigenvalue weighted by Gasteiger charge is 2.12. The van der Waals surface area contributed by atoms with E-state index in [4.69, 9.17) is 4.74 Å². The van der Waals surface area contributed by atoms with Crippen LogP contribution in [0.2, 0.25) is 0 Å². The molecule has 0 saturated heterocycles. The van der Waals surface area contributed by atoms with Gasteiger partial charge in [0.2, 0.25) is 0 Å². The Morgan fingerprint density at radius 1 is 1.14 bits per heavy atom. The first-order chi connectivity index (χ1) is 10.2. The molecule has 0 spiro atoms. The summed E-state index contributed by atoms with van der Waals surface area (Å²) < 4.78 is 5.38. The van der Waals surface area contributed by atoms with E-state index in [1.54, 1.807) is 18.2 Å². The number of aromatic hydroxyl groups is 1. The van der Waals surface area contributed by atoms with Crippen LogP contribution in [0.3, 0.4) is 0 Å². The molecule has 2 rings (SSSR count). The van der Waals surface area contributed by atoms with Gasteiger partial charge < -0.3 is 20.3 Å². The van der Waals surface area contributed by atoms with E-state index in [-0.39, 0.29) is 18.4 Å². The Kier molecular flexibility index (Phi) is 5.60. The second-order valence-electron chi connectivity index (χ2n) is 4.76. The summed E-state index contributed by atoms with van der Waals surface area (Å²) in [6.07, 6.45) is 0. The molecule has 0 amide bonds. The van der Waals surface area contributed by atoms with Crippen molar-refractivity contribution in [3.8, 4) is 11.5 Å². The lowest BCUT2D eigenvalue weighted by Gasteiger charge is -2.18. The van der Waals surface area contributed by atoms with Crippen molar-refractivity contribution in [1.29, 1.82) is 0 Å². The average Bonchev–Trinajstić information content (AvgIpc) is 2.52. The number of hydrogen-bond acceptors (Lipinski definition) is 4. The molecule has 0 heterocycles. The molecule has 2 aromatic carbocycles. The highest BCUT2D eigenvalue weighted by molar-refractivity contribution is 5.42. The number of rotatable bonds is 7. The van der Waals surface area contributed by atoms with Crippen LogP contribution in [0.1, 0.15) is 24.1 Å². The minimum atomic E-state index is -0.204. The molecule has 0 fully saturated rings. The lowest BCUT2D eigenvalue weighted by molar-refractivity contribution is 0.243. The number of benzene rings is 2. The van der Waals surface area contributed by atoms with Crippen molar-refractivity contribution in [2.75, 3.05) is 13.2 Å². The van der Waals surface area contributed by atoms with E-state index in [2.05, 4.69) is 5.32 Å². The number of phenols is 1. The summed E-state index contributed by atoms with van der Waals surface area (Å²) in [4.78, 5) is 0. The predicted molar refractivity (Wildman–Crippen MR) is 82.4 cm³/mol. The van der Waals surface area contributed by atoms with E-state index in [0.29, 0.717) is 18.9 Å². The van der Waals surface area contributed by atoms with Gasteiger partial charge in [-0.15, -0.1) is 0 Å². The summed E-state index contributed by atoms with van der Waals surface area (Å²) in [7, 11) is 0. The maximum absolute atomic E-state index is 9.72. The molecular formula is C17H21NO3. The van der Waals surface area contributed by atoms with Gasteiger partial charge in [-0.2, -0.15) is 0 Å². The molecule has 0 radical (unpaired) electrons. The molecule has 4 heteroatoms. The smallest absolute Gasteiger partial charge is 0.161 e. The fourth-order valence-corrected chi connectivity index (χ4v) is 2.14. The van der Waals surface area contributed by atoms with Crippen LogP contribution in [-0.4, -0.2) is 23.4 Å². The fraction of sp³-hybridized carbons (Fsp3) is 0.294. The van der Waals surface area contributed by atoms with Crippen molar-refractivity contribution < 1.29 is 14.9 Å². The highest BCUT2D eigenvalue weighted by Crippen LogP contribution is 2.29. The van der Waals surface area contributed by atoms with Crippen LogP contribution < -0.4 is 10.1 Å². The van der Waals surface area contributed by atoms with Gasteiger partial charge in [-0.05, 0) is 30.2 Å². The van der Waals surface area contributed by atoms with E-state index >= 15 is 0 Å². The van der Waals surface area contributed by atoms with Crippen LogP contribution in [0, 0.1) is 0 Å². The SMILES string of the molecule is CCOc1cc(C(CO)NCc2ccccc2)ccc1O. The zero-order valence-corrected chi connectivity index (χ0v) is 12.1. The first-order valence-corrected chi connectivity index (χ1v) is 7.08. The summed E-state index contributed by atoms with van der Waals surface area (Å²) >= 11 is 0. The first kappa shape index (κ1) is 15.4. The molecular weight excluding hydrogens is 266 g/mol.